The summed E-state index contributed by atoms with van der Waals surface area (Å²) in [6, 6.07) is 9.35. The highest BCUT2D eigenvalue weighted by Crippen LogP contribution is 2.32. The van der Waals surface area contributed by atoms with Crippen LogP contribution >= 0.6 is 0 Å². The van der Waals surface area contributed by atoms with Crippen molar-refractivity contribution in [2.24, 2.45) is 0 Å². The molecule has 0 fully saturated rings. The molecule has 0 spiro atoms. The Labute approximate surface area is 158 Å². The monoisotopic (exact) mass is 371 g/mol. The average Bonchev–Trinajstić information content (AvgIpc) is 3.12. The smallest absolute Gasteiger partial charge is 0.320 e. The third-order valence-corrected chi connectivity index (χ3v) is 4.03. The number of ether oxygens (including phenoxy) is 1. The summed E-state index contributed by atoms with van der Waals surface area (Å²) in [5, 5.41) is 9.58. The molecule has 2 N–H and O–H groups in total. The van der Waals surface area contributed by atoms with Gasteiger partial charge in [0, 0.05) is 25.3 Å². The maximum absolute atomic E-state index is 12.1. The zero-order valence-corrected chi connectivity index (χ0v) is 16.1. The molecule has 8 nitrogen and oxygen atoms in total. The minimum atomic E-state index is -0.496. The van der Waals surface area contributed by atoms with Crippen LogP contribution in [-0.2, 0) is 22.5 Å². The Bertz CT molecular complexity index is 853. The third-order valence-electron chi connectivity index (χ3n) is 4.03. The lowest BCUT2D eigenvalue weighted by atomic mass is 10.1. The van der Waals surface area contributed by atoms with Crippen LogP contribution in [0.15, 0.2) is 30.3 Å². The third kappa shape index (κ3) is 4.58. The zero-order chi connectivity index (χ0) is 19.6. The Morgan fingerprint density at radius 3 is 2.70 bits per heavy atom. The molecule has 0 unspecified atom stereocenters. The van der Waals surface area contributed by atoms with Crippen molar-refractivity contribution >= 4 is 29.3 Å². The lowest BCUT2D eigenvalue weighted by Gasteiger charge is -2.20. The summed E-state index contributed by atoms with van der Waals surface area (Å²) in [5.74, 6) is 1.15. The summed E-state index contributed by atoms with van der Waals surface area (Å²) < 4.78 is 7.25. The van der Waals surface area contributed by atoms with Gasteiger partial charge in [-0.25, -0.2) is 9.48 Å². The van der Waals surface area contributed by atoms with Gasteiger partial charge in [-0.3, -0.25) is 10.1 Å². The second-order valence-corrected chi connectivity index (χ2v) is 7.40. The van der Waals surface area contributed by atoms with Crippen LogP contribution in [0.5, 0.6) is 0 Å². The maximum Gasteiger partial charge on any atom is 0.320 e. The number of carbonyl (C=O) groups excluding carboxylic acids is 2. The minimum absolute atomic E-state index is 0.224. The Hall–Kier alpha value is -3.03. The molecular weight excluding hydrogens is 346 g/mol. The van der Waals surface area contributed by atoms with E-state index in [0.29, 0.717) is 5.82 Å². The minimum Gasteiger partial charge on any atom is -0.460 e. The van der Waals surface area contributed by atoms with Crippen molar-refractivity contribution < 1.29 is 14.3 Å². The second-order valence-electron chi connectivity index (χ2n) is 7.40. The summed E-state index contributed by atoms with van der Waals surface area (Å²) in [6.45, 7) is 7.07. The molecule has 1 aromatic heterocycles. The van der Waals surface area contributed by atoms with E-state index in [1.165, 1.54) is 0 Å². The van der Waals surface area contributed by atoms with E-state index in [4.69, 9.17) is 4.74 Å². The van der Waals surface area contributed by atoms with Crippen LogP contribution in [-0.4, -0.2) is 41.0 Å². The molecule has 1 aliphatic rings. The number of nitrogens with zero attached hydrogens (tertiary/aromatic N) is 3. The van der Waals surface area contributed by atoms with Gasteiger partial charge in [-0.1, -0.05) is 12.1 Å². The number of rotatable bonds is 4. The summed E-state index contributed by atoms with van der Waals surface area (Å²) in [5.41, 5.74) is 1.37. The fraction of sp³-hybridized carbons (Fsp3) is 0.421. The van der Waals surface area contributed by atoms with E-state index in [0.717, 1.165) is 30.2 Å². The summed E-state index contributed by atoms with van der Waals surface area (Å²) in [6.07, 6.45) is 0.224. The topological polar surface area (TPSA) is 88.5 Å². The van der Waals surface area contributed by atoms with Gasteiger partial charge in [-0.2, -0.15) is 5.10 Å². The van der Waals surface area contributed by atoms with E-state index in [2.05, 4.69) is 20.6 Å². The second kappa shape index (κ2) is 7.30. The molecule has 2 aromatic rings. The molecule has 8 heteroatoms. The number of urea groups is 1. The van der Waals surface area contributed by atoms with Crippen LogP contribution in [0.4, 0.5) is 22.1 Å². The number of benzene rings is 1. The van der Waals surface area contributed by atoms with E-state index in [1.807, 2.05) is 55.8 Å². The van der Waals surface area contributed by atoms with Crippen LogP contribution in [0.25, 0.3) is 0 Å². The Balaban J connectivity index is 1.75. The van der Waals surface area contributed by atoms with Gasteiger partial charge in [0.25, 0.3) is 0 Å². The SMILES string of the molecule is CNC(=O)Nc1cc2n(n1)CCN2c1cccc(CC(=O)OC(C)(C)C)c1. The first-order valence-electron chi connectivity index (χ1n) is 8.90. The van der Waals surface area contributed by atoms with Crippen molar-refractivity contribution in [3.05, 3.63) is 35.9 Å². The number of fused-ring (bicyclic) bond motifs is 1. The van der Waals surface area contributed by atoms with Crippen molar-refractivity contribution in [1.82, 2.24) is 15.1 Å². The van der Waals surface area contributed by atoms with Crippen LogP contribution in [0.2, 0.25) is 0 Å². The summed E-state index contributed by atoms with van der Waals surface area (Å²) in [7, 11) is 1.56. The lowest BCUT2D eigenvalue weighted by molar-refractivity contribution is -0.153. The van der Waals surface area contributed by atoms with Gasteiger partial charge in [0.15, 0.2) is 5.82 Å². The molecular formula is C19H25N5O3. The van der Waals surface area contributed by atoms with Gasteiger partial charge in [-0.15, -0.1) is 0 Å². The van der Waals surface area contributed by atoms with Gasteiger partial charge < -0.3 is 15.0 Å². The predicted molar refractivity (Wildman–Crippen MR) is 103 cm³/mol. The summed E-state index contributed by atoms with van der Waals surface area (Å²) >= 11 is 0. The first kappa shape index (κ1) is 18.8. The van der Waals surface area contributed by atoms with Crippen LogP contribution in [0.1, 0.15) is 26.3 Å². The normalized spacial score (nSPS) is 13.3. The molecule has 0 atom stereocenters. The number of aromatic nitrogens is 2. The molecule has 0 saturated carbocycles. The molecule has 3 rings (SSSR count). The van der Waals surface area contributed by atoms with Crippen molar-refractivity contribution in [3.8, 4) is 0 Å². The Morgan fingerprint density at radius 1 is 1.22 bits per heavy atom. The molecule has 0 saturated heterocycles. The molecule has 2 amide bonds. The fourth-order valence-electron chi connectivity index (χ4n) is 2.98. The van der Waals surface area contributed by atoms with E-state index >= 15 is 0 Å². The average molecular weight is 371 g/mol. The van der Waals surface area contributed by atoms with Crippen LogP contribution < -0.4 is 15.5 Å². The molecule has 0 bridgehead atoms. The fourth-order valence-corrected chi connectivity index (χ4v) is 2.98. The number of esters is 1. The quantitative estimate of drug-likeness (QED) is 0.807. The molecule has 0 aliphatic carbocycles. The molecule has 2 heterocycles. The van der Waals surface area contributed by atoms with Crippen molar-refractivity contribution in [2.75, 3.05) is 23.8 Å². The highest BCUT2D eigenvalue weighted by Gasteiger charge is 2.24. The largest absolute Gasteiger partial charge is 0.460 e. The van der Waals surface area contributed by atoms with Crippen molar-refractivity contribution in [3.63, 3.8) is 0 Å². The Kier molecular flexibility index (Phi) is 5.07. The number of carbonyl (C=O) groups is 2. The number of hydrogen-bond donors (Lipinski definition) is 2. The summed E-state index contributed by atoms with van der Waals surface area (Å²) in [4.78, 5) is 25.7. The zero-order valence-electron chi connectivity index (χ0n) is 16.1. The molecule has 1 aliphatic heterocycles. The van der Waals surface area contributed by atoms with Crippen LogP contribution in [0.3, 0.4) is 0 Å². The van der Waals surface area contributed by atoms with Gasteiger partial charge in [0.2, 0.25) is 0 Å². The first-order valence-corrected chi connectivity index (χ1v) is 8.90. The van der Waals surface area contributed by atoms with E-state index in [-0.39, 0.29) is 18.4 Å². The van der Waals surface area contributed by atoms with Gasteiger partial charge in [0.05, 0.1) is 13.0 Å². The van der Waals surface area contributed by atoms with Crippen LogP contribution in [0, 0.1) is 0 Å². The molecule has 144 valence electrons. The lowest BCUT2D eigenvalue weighted by Crippen LogP contribution is -2.25. The predicted octanol–water partition coefficient (Wildman–Crippen LogP) is 2.67. The highest BCUT2D eigenvalue weighted by molar-refractivity contribution is 5.88. The number of amides is 2. The molecule has 27 heavy (non-hydrogen) atoms. The molecule has 0 radical (unpaired) electrons. The maximum atomic E-state index is 12.1. The molecule has 1 aromatic carbocycles. The van der Waals surface area contributed by atoms with Gasteiger partial charge in [0.1, 0.15) is 11.4 Å². The number of hydrogen-bond acceptors (Lipinski definition) is 5. The highest BCUT2D eigenvalue weighted by atomic mass is 16.6. The van der Waals surface area contributed by atoms with Crippen molar-refractivity contribution in [1.29, 1.82) is 0 Å². The number of nitrogens with one attached hydrogen (secondary N) is 2. The van der Waals surface area contributed by atoms with Gasteiger partial charge >= 0.3 is 12.0 Å². The Morgan fingerprint density at radius 2 is 2.00 bits per heavy atom. The van der Waals surface area contributed by atoms with Crippen molar-refractivity contribution in [2.45, 2.75) is 39.3 Å². The van der Waals surface area contributed by atoms with E-state index in [9.17, 15) is 9.59 Å². The first-order chi connectivity index (χ1) is 12.7. The van der Waals surface area contributed by atoms with E-state index < -0.39 is 5.60 Å². The standard InChI is InChI=1S/C19H25N5O3/c1-19(2,3)27-17(25)11-13-6-5-7-14(10-13)23-8-9-24-16(23)12-15(22-24)21-18(26)20-4/h5-7,10,12H,8-9,11H2,1-4H3,(H2,20,21,22,26). The van der Waals surface area contributed by atoms with Gasteiger partial charge in [-0.05, 0) is 38.5 Å². The number of anilines is 3. The van der Waals surface area contributed by atoms with E-state index in [1.54, 1.807) is 7.05 Å².